The summed E-state index contributed by atoms with van der Waals surface area (Å²) in [4.78, 5) is 21.9. The number of nitrogens with one attached hydrogen (secondary N) is 1. The van der Waals surface area contributed by atoms with Crippen molar-refractivity contribution in [2.24, 2.45) is 0 Å². The van der Waals surface area contributed by atoms with Gasteiger partial charge in [0.2, 0.25) is 0 Å². The van der Waals surface area contributed by atoms with E-state index >= 15 is 0 Å². The zero-order chi connectivity index (χ0) is 17.9. The SMILES string of the molecule is Cc1nc(-c2ccccn2)sc1C(=O)NCC1COc2ccccc2O1. The van der Waals surface area contributed by atoms with Crippen molar-refractivity contribution in [3.05, 3.63) is 59.2 Å². The van der Waals surface area contributed by atoms with Gasteiger partial charge in [0.25, 0.3) is 5.91 Å². The first kappa shape index (κ1) is 16.5. The van der Waals surface area contributed by atoms with Gasteiger partial charge in [-0.1, -0.05) is 18.2 Å². The number of carbonyl (C=O) groups excluding carboxylic acids is 1. The van der Waals surface area contributed by atoms with Gasteiger partial charge in [0.15, 0.2) is 11.5 Å². The summed E-state index contributed by atoms with van der Waals surface area (Å²) in [5.41, 5.74) is 1.46. The summed E-state index contributed by atoms with van der Waals surface area (Å²) in [6.07, 6.45) is 1.49. The third-order valence-electron chi connectivity index (χ3n) is 3.94. The Labute approximate surface area is 154 Å². The van der Waals surface area contributed by atoms with Crippen LogP contribution in [0.2, 0.25) is 0 Å². The highest BCUT2D eigenvalue weighted by molar-refractivity contribution is 7.17. The van der Waals surface area contributed by atoms with Crippen LogP contribution in [0.15, 0.2) is 48.7 Å². The summed E-state index contributed by atoms with van der Waals surface area (Å²) in [6, 6.07) is 13.1. The number of benzene rings is 1. The van der Waals surface area contributed by atoms with Crippen LogP contribution in [0.5, 0.6) is 11.5 Å². The summed E-state index contributed by atoms with van der Waals surface area (Å²) >= 11 is 1.34. The zero-order valence-corrected chi connectivity index (χ0v) is 15.0. The lowest BCUT2D eigenvalue weighted by atomic mass is 10.2. The van der Waals surface area contributed by atoms with E-state index in [0.717, 1.165) is 16.5 Å². The topological polar surface area (TPSA) is 73.3 Å². The molecule has 1 aliphatic rings. The highest BCUT2D eigenvalue weighted by Crippen LogP contribution is 2.31. The second kappa shape index (κ2) is 7.13. The molecule has 1 atom stereocenters. The van der Waals surface area contributed by atoms with Crippen molar-refractivity contribution >= 4 is 17.2 Å². The predicted molar refractivity (Wildman–Crippen MR) is 98.8 cm³/mol. The Bertz CT molecular complexity index is 927. The van der Waals surface area contributed by atoms with Crippen molar-refractivity contribution < 1.29 is 14.3 Å². The molecule has 3 aromatic rings. The fourth-order valence-corrected chi connectivity index (χ4v) is 3.62. The maximum atomic E-state index is 12.5. The van der Waals surface area contributed by atoms with Gasteiger partial charge in [-0.2, -0.15) is 0 Å². The number of pyridine rings is 1. The Morgan fingerprint density at radius 2 is 2.04 bits per heavy atom. The fraction of sp³-hybridized carbons (Fsp3) is 0.211. The van der Waals surface area contributed by atoms with Gasteiger partial charge in [-0.3, -0.25) is 9.78 Å². The van der Waals surface area contributed by atoms with Crippen molar-refractivity contribution in [1.82, 2.24) is 15.3 Å². The molecule has 0 aliphatic carbocycles. The number of aryl methyl sites for hydroxylation is 1. The molecule has 4 rings (SSSR count). The van der Waals surface area contributed by atoms with Gasteiger partial charge in [-0.15, -0.1) is 11.3 Å². The lowest BCUT2D eigenvalue weighted by Gasteiger charge is -2.26. The Morgan fingerprint density at radius 3 is 2.85 bits per heavy atom. The molecule has 1 amide bonds. The van der Waals surface area contributed by atoms with E-state index in [1.54, 1.807) is 6.20 Å². The second-order valence-electron chi connectivity index (χ2n) is 5.86. The first-order chi connectivity index (χ1) is 12.7. The maximum Gasteiger partial charge on any atom is 0.263 e. The van der Waals surface area contributed by atoms with Crippen LogP contribution < -0.4 is 14.8 Å². The van der Waals surface area contributed by atoms with Crippen LogP contribution in [-0.4, -0.2) is 35.1 Å². The van der Waals surface area contributed by atoms with Crippen molar-refractivity contribution in [2.45, 2.75) is 13.0 Å². The van der Waals surface area contributed by atoms with Gasteiger partial charge in [0.05, 0.1) is 17.9 Å². The minimum atomic E-state index is -0.225. The van der Waals surface area contributed by atoms with Crippen molar-refractivity contribution in [3.8, 4) is 22.2 Å². The van der Waals surface area contributed by atoms with Gasteiger partial charge in [-0.25, -0.2) is 4.98 Å². The Balaban J connectivity index is 1.41. The molecule has 0 fully saturated rings. The Kier molecular flexibility index (Phi) is 4.53. The summed E-state index contributed by atoms with van der Waals surface area (Å²) < 4.78 is 11.5. The number of fused-ring (bicyclic) bond motifs is 1. The number of hydrogen-bond acceptors (Lipinski definition) is 6. The minimum absolute atomic E-state index is 0.162. The molecular formula is C19H17N3O3S. The first-order valence-electron chi connectivity index (χ1n) is 8.26. The van der Waals surface area contributed by atoms with Gasteiger partial charge < -0.3 is 14.8 Å². The van der Waals surface area contributed by atoms with Crippen LogP contribution in [0, 0.1) is 6.92 Å². The number of rotatable bonds is 4. The standard InChI is InChI=1S/C19H17N3O3S/c1-12-17(26-19(22-12)14-6-4-5-9-20-14)18(23)21-10-13-11-24-15-7-2-3-8-16(15)25-13/h2-9,13H,10-11H2,1H3,(H,21,23). The van der Waals surface area contributed by atoms with E-state index in [9.17, 15) is 4.79 Å². The number of para-hydroxylation sites is 2. The largest absolute Gasteiger partial charge is 0.486 e. The second-order valence-corrected chi connectivity index (χ2v) is 6.86. The fourth-order valence-electron chi connectivity index (χ4n) is 2.66. The summed E-state index contributed by atoms with van der Waals surface area (Å²) in [7, 11) is 0. The molecule has 1 aromatic carbocycles. The van der Waals surface area contributed by atoms with Crippen molar-refractivity contribution in [2.75, 3.05) is 13.2 Å². The van der Waals surface area contributed by atoms with E-state index in [-0.39, 0.29) is 12.0 Å². The highest BCUT2D eigenvalue weighted by atomic mass is 32.1. The predicted octanol–water partition coefficient (Wildman–Crippen LogP) is 3.08. The van der Waals surface area contributed by atoms with E-state index in [0.29, 0.717) is 29.5 Å². The molecule has 0 bridgehead atoms. The maximum absolute atomic E-state index is 12.5. The average Bonchev–Trinajstić information content (AvgIpc) is 3.08. The van der Waals surface area contributed by atoms with Crippen LogP contribution in [-0.2, 0) is 0 Å². The van der Waals surface area contributed by atoms with Gasteiger partial charge in [0, 0.05) is 6.20 Å². The van der Waals surface area contributed by atoms with Gasteiger partial charge >= 0.3 is 0 Å². The molecule has 1 N–H and O–H groups in total. The lowest BCUT2D eigenvalue weighted by Crippen LogP contribution is -2.40. The smallest absolute Gasteiger partial charge is 0.263 e. The van der Waals surface area contributed by atoms with E-state index in [1.165, 1.54) is 11.3 Å². The molecule has 0 radical (unpaired) electrons. The normalized spacial score (nSPS) is 15.5. The molecule has 0 saturated heterocycles. The summed E-state index contributed by atoms with van der Waals surface area (Å²) in [6.45, 7) is 2.59. The number of amides is 1. The molecule has 1 unspecified atom stereocenters. The molecule has 1 aliphatic heterocycles. The quantitative estimate of drug-likeness (QED) is 0.767. The van der Waals surface area contributed by atoms with E-state index in [2.05, 4.69) is 15.3 Å². The lowest BCUT2D eigenvalue weighted by molar-refractivity contribution is 0.0791. The van der Waals surface area contributed by atoms with Crippen LogP contribution in [0.25, 0.3) is 10.7 Å². The van der Waals surface area contributed by atoms with E-state index in [4.69, 9.17) is 9.47 Å². The Morgan fingerprint density at radius 1 is 1.23 bits per heavy atom. The van der Waals surface area contributed by atoms with E-state index < -0.39 is 0 Å². The number of aromatic nitrogens is 2. The van der Waals surface area contributed by atoms with Crippen LogP contribution in [0.4, 0.5) is 0 Å². The van der Waals surface area contributed by atoms with Crippen LogP contribution in [0.1, 0.15) is 15.4 Å². The molecule has 7 heteroatoms. The van der Waals surface area contributed by atoms with Crippen LogP contribution >= 0.6 is 11.3 Å². The third-order valence-corrected chi connectivity index (χ3v) is 5.12. The number of ether oxygens (including phenoxy) is 2. The number of thiazole rings is 1. The third kappa shape index (κ3) is 3.39. The minimum Gasteiger partial charge on any atom is -0.486 e. The molecule has 26 heavy (non-hydrogen) atoms. The number of carbonyl (C=O) groups is 1. The van der Waals surface area contributed by atoms with Crippen molar-refractivity contribution in [3.63, 3.8) is 0 Å². The van der Waals surface area contributed by atoms with E-state index in [1.807, 2.05) is 49.4 Å². The first-order valence-corrected chi connectivity index (χ1v) is 9.08. The van der Waals surface area contributed by atoms with Crippen LogP contribution in [0.3, 0.4) is 0 Å². The molecule has 3 heterocycles. The zero-order valence-electron chi connectivity index (χ0n) is 14.1. The molecule has 0 spiro atoms. The summed E-state index contributed by atoms with van der Waals surface area (Å²) in [5, 5.41) is 3.65. The Hall–Kier alpha value is -2.93. The highest BCUT2D eigenvalue weighted by Gasteiger charge is 2.23. The van der Waals surface area contributed by atoms with Crippen molar-refractivity contribution in [1.29, 1.82) is 0 Å². The monoisotopic (exact) mass is 367 g/mol. The summed E-state index contributed by atoms with van der Waals surface area (Å²) in [5.74, 6) is 1.27. The molecule has 132 valence electrons. The van der Waals surface area contributed by atoms with Gasteiger partial charge in [-0.05, 0) is 31.2 Å². The molecular weight excluding hydrogens is 350 g/mol. The molecule has 2 aromatic heterocycles. The number of hydrogen-bond donors (Lipinski definition) is 1. The van der Waals surface area contributed by atoms with Gasteiger partial charge in [0.1, 0.15) is 22.6 Å². The molecule has 6 nitrogen and oxygen atoms in total. The molecule has 0 saturated carbocycles. The number of nitrogens with zero attached hydrogens (tertiary/aromatic N) is 2. The average molecular weight is 367 g/mol.